The molecule has 0 atom stereocenters. The average Bonchev–Trinajstić information content (AvgIpc) is 3.35. The van der Waals surface area contributed by atoms with Crippen molar-refractivity contribution < 1.29 is 13.6 Å². The van der Waals surface area contributed by atoms with E-state index in [0.29, 0.717) is 11.3 Å². The first-order chi connectivity index (χ1) is 12.6. The number of amides is 1. The smallest absolute Gasteiger partial charge is 0.322 e. The lowest BCUT2D eigenvalue weighted by atomic mass is 10.2. The number of rotatable bonds is 4. The Kier molecular flexibility index (Phi) is 3.81. The van der Waals surface area contributed by atoms with Crippen LogP contribution in [0.15, 0.2) is 51.4 Å². The van der Waals surface area contributed by atoms with Crippen molar-refractivity contribution in [2.24, 2.45) is 0 Å². The number of benzene rings is 1. The number of hydrogen-bond donors (Lipinski definition) is 1. The fraction of sp³-hybridized carbons (Fsp3) is 0.118. The summed E-state index contributed by atoms with van der Waals surface area (Å²) < 4.78 is 10.9. The average molecular weight is 350 g/mol. The first-order valence-electron chi connectivity index (χ1n) is 7.80. The molecule has 1 aromatic carbocycles. The summed E-state index contributed by atoms with van der Waals surface area (Å²) >= 11 is 0. The highest BCUT2D eigenvalue weighted by Gasteiger charge is 2.18. The van der Waals surface area contributed by atoms with E-state index < -0.39 is 5.91 Å². The van der Waals surface area contributed by atoms with Crippen molar-refractivity contribution in [3.05, 3.63) is 59.8 Å². The van der Waals surface area contributed by atoms with Gasteiger partial charge in [0.25, 0.3) is 11.8 Å². The van der Waals surface area contributed by atoms with Crippen LogP contribution in [0.25, 0.3) is 17.1 Å². The van der Waals surface area contributed by atoms with Gasteiger partial charge in [0.05, 0.1) is 17.4 Å². The van der Waals surface area contributed by atoms with Crippen LogP contribution in [-0.4, -0.2) is 31.1 Å². The Bertz CT molecular complexity index is 1060. The molecule has 26 heavy (non-hydrogen) atoms. The molecule has 0 saturated carbocycles. The molecule has 9 nitrogen and oxygen atoms in total. The van der Waals surface area contributed by atoms with Gasteiger partial charge in [0.2, 0.25) is 0 Å². The van der Waals surface area contributed by atoms with Crippen molar-refractivity contribution in [2.45, 2.75) is 13.8 Å². The lowest BCUT2D eigenvalue weighted by Crippen LogP contribution is -2.13. The standard InChI is InChI=1S/C17H14N6O3/c1-10-8-13(11(2)25-10)16-20-21-17(26-16)19-15(24)14-9-18-23(22-14)12-6-4-3-5-7-12/h3-9H,1-2H3,(H,19,21,24). The van der Waals surface area contributed by atoms with E-state index in [4.69, 9.17) is 8.83 Å². The van der Waals surface area contributed by atoms with E-state index in [1.165, 1.54) is 11.0 Å². The molecule has 0 aliphatic heterocycles. The summed E-state index contributed by atoms with van der Waals surface area (Å²) in [5, 5.41) is 18.5. The third-order valence-corrected chi connectivity index (χ3v) is 3.63. The molecule has 3 heterocycles. The second-order valence-electron chi connectivity index (χ2n) is 5.55. The van der Waals surface area contributed by atoms with E-state index in [9.17, 15) is 4.79 Å². The maximum atomic E-state index is 12.3. The summed E-state index contributed by atoms with van der Waals surface area (Å²) in [6, 6.07) is 11.0. The molecule has 0 fully saturated rings. The molecule has 1 N–H and O–H groups in total. The van der Waals surface area contributed by atoms with Crippen molar-refractivity contribution in [2.75, 3.05) is 5.32 Å². The Labute approximate surface area is 147 Å². The van der Waals surface area contributed by atoms with Crippen molar-refractivity contribution in [1.82, 2.24) is 25.2 Å². The molecule has 0 saturated heterocycles. The third-order valence-electron chi connectivity index (χ3n) is 3.63. The number of nitrogens with zero attached hydrogens (tertiary/aromatic N) is 5. The first kappa shape index (κ1) is 15.8. The summed E-state index contributed by atoms with van der Waals surface area (Å²) in [6.07, 6.45) is 1.36. The van der Waals surface area contributed by atoms with Gasteiger partial charge in [-0.1, -0.05) is 23.3 Å². The van der Waals surface area contributed by atoms with E-state index in [-0.39, 0.29) is 17.6 Å². The number of aryl methyl sites for hydroxylation is 2. The summed E-state index contributed by atoms with van der Waals surface area (Å²) in [4.78, 5) is 13.7. The van der Waals surface area contributed by atoms with E-state index in [1.54, 1.807) is 13.0 Å². The van der Waals surface area contributed by atoms with E-state index in [1.807, 2.05) is 37.3 Å². The van der Waals surface area contributed by atoms with Crippen LogP contribution in [-0.2, 0) is 0 Å². The predicted molar refractivity (Wildman–Crippen MR) is 90.8 cm³/mol. The van der Waals surface area contributed by atoms with Gasteiger partial charge in [-0.05, 0) is 32.0 Å². The minimum absolute atomic E-state index is 0.0301. The molecular formula is C17H14N6O3. The Morgan fingerprint density at radius 2 is 1.92 bits per heavy atom. The highest BCUT2D eigenvalue weighted by Crippen LogP contribution is 2.26. The highest BCUT2D eigenvalue weighted by atomic mass is 16.4. The quantitative estimate of drug-likeness (QED) is 0.602. The summed E-state index contributed by atoms with van der Waals surface area (Å²) in [5.74, 6) is 1.17. The van der Waals surface area contributed by atoms with Crippen LogP contribution >= 0.6 is 0 Å². The number of carbonyl (C=O) groups excluding carboxylic acids is 1. The molecule has 4 rings (SSSR count). The lowest BCUT2D eigenvalue weighted by Gasteiger charge is -1.98. The maximum absolute atomic E-state index is 12.3. The van der Waals surface area contributed by atoms with Gasteiger partial charge in [-0.2, -0.15) is 9.90 Å². The zero-order valence-electron chi connectivity index (χ0n) is 14.0. The number of para-hydroxylation sites is 1. The SMILES string of the molecule is Cc1cc(-c2nnc(NC(=O)c3cnn(-c4ccccc4)n3)o2)c(C)o1. The number of hydrogen-bond acceptors (Lipinski definition) is 7. The number of nitrogens with one attached hydrogen (secondary N) is 1. The molecule has 0 aliphatic carbocycles. The Morgan fingerprint density at radius 1 is 1.12 bits per heavy atom. The summed E-state index contributed by atoms with van der Waals surface area (Å²) in [5.41, 5.74) is 1.56. The minimum atomic E-state index is -0.498. The van der Waals surface area contributed by atoms with Gasteiger partial charge >= 0.3 is 6.01 Å². The molecule has 4 aromatic rings. The van der Waals surface area contributed by atoms with Crippen LogP contribution in [0.1, 0.15) is 22.0 Å². The Hall–Kier alpha value is -3.75. The van der Waals surface area contributed by atoms with Crippen LogP contribution in [0.2, 0.25) is 0 Å². The summed E-state index contributed by atoms with van der Waals surface area (Å²) in [6.45, 7) is 3.62. The number of furan rings is 1. The van der Waals surface area contributed by atoms with Crippen molar-refractivity contribution in [1.29, 1.82) is 0 Å². The second-order valence-corrected chi connectivity index (χ2v) is 5.55. The monoisotopic (exact) mass is 350 g/mol. The molecular weight excluding hydrogens is 336 g/mol. The van der Waals surface area contributed by atoms with Gasteiger partial charge in [-0.3, -0.25) is 10.1 Å². The van der Waals surface area contributed by atoms with Gasteiger partial charge in [0.15, 0.2) is 5.69 Å². The van der Waals surface area contributed by atoms with E-state index in [0.717, 1.165) is 11.4 Å². The topological polar surface area (TPSA) is 112 Å². The molecule has 0 spiro atoms. The van der Waals surface area contributed by atoms with Crippen molar-refractivity contribution in [3.8, 4) is 17.1 Å². The number of aromatic nitrogens is 5. The predicted octanol–water partition coefficient (Wildman–Crippen LogP) is 2.78. The van der Waals surface area contributed by atoms with Gasteiger partial charge in [0, 0.05) is 0 Å². The van der Waals surface area contributed by atoms with Gasteiger partial charge < -0.3 is 8.83 Å². The first-order valence-corrected chi connectivity index (χ1v) is 7.80. The molecule has 0 radical (unpaired) electrons. The zero-order chi connectivity index (χ0) is 18.1. The van der Waals surface area contributed by atoms with Gasteiger partial charge in [-0.15, -0.1) is 10.2 Å². The third kappa shape index (κ3) is 2.97. The fourth-order valence-electron chi connectivity index (χ4n) is 2.44. The zero-order valence-corrected chi connectivity index (χ0v) is 14.0. The van der Waals surface area contributed by atoms with Crippen LogP contribution in [0, 0.1) is 13.8 Å². The number of anilines is 1. The van der Waals surface area contributed by atoms with Crippen molar-refractivity contribution in [3.63, 3.8) is 0 Å². The number of carbonyl (C=O) groups is 1. The lowest BCUT2D eigenvalue weighted by molar-refractivity contribution is 0.101. The van der Waals surface area contributed by atoms with Crippen LogP contribution in [0.3, 0.4) is 0 Å². The Balaban J connectivity index is 1.51. The molecule has 1 amide bonds. The molecule has 130 valence electrons. The minimum Gasteiger partial charge on any atom is -0.466 e. The molecule has 0 bridgehead atoms. The largest absolute Gasteiger partial charge is 0.466 e. The highest BCUT2D eigenvalue weighted by molar-refractivity contribution is 6.01. The van der Waals surface area contributed by atoms with Crippen LogP contribution in [0.4, 0.5) is 6.01 Å². The van der Waals surface area contributed by atoms with E-state index in [2.05, 4.69) is 25.7 Å². The fourth-order valence-corrected chi connectivity index (χ4v) is 2.44. The van der Waals surface area contributed by atoms with Crippen molar-refractivity contribution >= 4 is 11.9 Å². The summed E-state index contributed by atoms with van der Waals surface area (Å²) in [7, 11) is 0. The van der Waals surface area contributed by atoms with Crippen LogP contribution in [0.5, 0.6) is 0 Å². The van der Waals surface area contributed by atoms with Gasteiger partial charge in [0.1, 0.15) is 11.5 Å². The Morgan fingerprint density at radius 3 is 2.65 bits per heavy atom. The van der Waals surface area contributed by atoms with Gasteiger partial charge in [-0.25, -0.2) is 0 Å². The molecule has 9 heteroatoms. The normalized spacial score (nSPS) is 10.8. The van der Waals surface area contributed by atoms with Crippen LogP contribution < -0.4 is 5.32 Å². The van der Waals surface area contributed by atoms with E-state index >= 15 is 0 Å². The maximum Gasteiger partial charge on any atom is 0.322 e. The molecule has 0 unspecified atom stereocenters. The molecule has 3 aromatic heterocycles. The second kappa shape index (κ2) is 6.28. The molecule has 0 aliphatic rings.